The van der Waals surface area contributed by atoms with Crippen LogP contribution < -0.4 is 5.32 Å². The predicted molar refractivity (Wildman–Crippen MR) is 110 cm³/mol. The highest BCUT2D eigenvalue weighted by atomic mass is 32.1. The van der Waals surface area contributed by atoms with E-state index in [1.807, 2.05) is 22.3 Å². The molecule has 1 saturated heterocycles. The summed E-state index contributed by atoms with van der Waals surface area (Å²) in [6.45, 7) is 5.28. The highest BCUT2D eigenvalue weighted by Gasteiger charge is 2.26. The van der Waals surface area contributed by atoms with Crippen molar-refractivity contribution in [1.82, 2.24) is 14.3 Å². The topological polar surface area (TPSA) is 68.1 Å². The molecule has 4 rings (SSSR count). The fraction of sp³-hybridized carbons (Fsp3) is 0.400. The SMILES string of the molecule is COCCNc1c(-c2cccc(F)c2)nc2sc(C(=O)N3CCOCC3)c(C)n12. The normalized spacial score (nSPS) is 14.5. The third-order valence-corrected chi connectivity index (χ3v) is 6.02. The van der Waals surface area contributed by atoms with Gasteiger partial charge in [0.2, 0.25) is 0 Å². The summed E-state index contributed by atoms with van der Waals surface area (Å²) in [5, 5.41) is 3.34. The number of imidazole rings is 1. The van der Waals surface area contributed by atoms with Crippen LogP contribution in [0.5, 0.6) is 0 Å². The second-order valence-corrected chi connectivity index (χ2v) is 7.76. The summed E-state index contributed by atoms with van der Waals surface area (Å²) in [6.07, 6.45) is 0. The first-order valence-corrected chi connectivity index (χ1v) is 10.3. The molecule has 9 heteroatoms. The van der Waals surface area contributed by atoms with Gasteiger partial charge in [-0.25, -0.2) is 9.37 Å². The van der Waals surface area contributed by atoms with E-state index in [0.29, 0.717) is 60.6 Å². The van der Waals surface area contributed by atoms with Gasteiger partial charge in [0, 0.05) is 38.0 Å². The van der Waals surface area contributed by atoms with Crippen molar-refractivity contribution in [2.24, 2.45) is 0 Å². The van der Waals surface area contributed by atoms with E-state index >= 15 is 0 Å². The summed E-state index contributed by atoms with van der Waals surface area (Å²) in [4.78, 5) is 20.9. The zero-order valence-electron chi connectivity index (χ0n) is 16.4. The van der Waals surface area contributed by atoms with Crippen molar-refractivity contribution in [2.75, 3.05) is 51.9 Å². The monoisotopic (exact) mass is 418 g/mol. The Hall–Kier alpha value is -2.49. The van der Waals surface area contributed by atoms with Gasteiger partial charge < -0.3 is 19.7 Å². The van der Waals surface area contributed by atoms with Gasteiger partial charge in [-0.3, -0.25) is 9.20 Å². The summed E-state index contributed by atoms with van der Waals surface area (Å²) >= 11 is 1.35. The maximum atomic E-state index is 13.8. The number of rotatable bonds is 6. The summed E-state index contributed by atoms with van der Waals surface area (Å²) in [5.41, 5.74) is 2.15. The number of thiazole rings is 1. The molecule has 2 aromatic heterocycles. The Morgan fingerprint density at radius 3 is 2.90 bits per heavy atom. The summed E-state index contributed by atoms with van der Waals surface area (Å²) in [7, 11) is 1.64. The number of methoxy groups -OCH3 is 1. The summed E-state index contributed by atoms with van der Waals surface area (Å²) in [5.74, 6) is 0.412. The molecule has 0 unspecified atom stereocenters. The lowest BCUT2D eigenvalue weighted by atomic mass is 10.1. The molecule has 1 aliphatic rings. The maximum Gasteiger partial charge on any atom is 0.266 e. The van der Waals surface area contributed by atoms with E-state index in [1.54, 1.807) is 13.2 Å². The van der Waals surface area contributed by atoms with Gasteiger partial charge in [0.1, 0.15) is 22.2 Å². The molecule has 0 bridgehead atoms. The number of aryl methyl sites for hydroxylation is 1. The van der Waals surface area contributed by atoms with Crippen molar-refractivity contribution in [1.29, 1.82) is 0 Å². The number of ether oxygens (including phenoxy) is 2. The van der Waals surface area contributed by atoms with Crippen LogP contribution in [0.1, 0.15) is 15.4 Å². The van der Waals surface area contributed by atoms with Gasteiger partial charge in [-0.15, -0.1) is 0 Å². The molecule has 1 aromatic carbocycles. The molecule has 29 heavy (non-hydrogen) atoms. The minimum atomic E-state index is -0.318. The number of benzene rings is 1. The number of hydrogen-bond donors (Lipinski definition) is 1. The van der Waals surface area contributed by atoms with Crippen LogP contribution in [0.2, 0.25) is 0 Å². The molecule has 0 saturated carbocycles. The highest BCUT2D eigenvalue weighted by Crippen LogP contribution is 2.35. The lowest BCUT2D eigenvalue weighted by Crippen LogP contribution is -2.40. The summed E-state index contributed by atoms with van der Waals surface area (Å²) < 4.78 is 26.2. The first kappa shape index (κ1) is 19.8. The van der Waals surface area contributed by atoms with E-state index in [2.05, 4.69) is 5.32 Å². The van der Waals surface area contributed by atoms with E-state index in [-0.39, 0.29) is 11.7 Å². The van der Waals surface area contributed by atoms with Crippen molar-refractivity contribution in [2.45, 2.75) is 6.92 Å². The van der Waals surface area contributed by atoms with E-state index in [1.165, 1.54) is 23.5 Å². The molecule has 3 aromatic rings. The van der Waals surface area contributed by atoms with Crippen molar-refractivity contribution in [3.05, 3.63) is 40.7 Å². The molecule has 154 valence electrons. The van der Waals surface area contributed by atoms with Gasteiger partial charge in [-0.2, -0.15) is 0 Å². The first-order valence-electron chi connectivity index (χ1n) is 9.47. The lowest BCUT2D eigenvalue weighted by molar-refractivity contribution is 0.0305. The number of carbonyl (C=O) groups excluding carboxylic acids is 1. The van der Waals surface area contributed by atoms with Crippen molar-refractivity contribution >= 4 is 28.0 Å². The average Bonchev–Trinajstić information content (AvgIpc) is 3.25. The second-order valence-electron chi connectivity index (χ2n) is 6.78. The number of anilines is 1. The minimum Gasteiger partial charge on any atom is -0.383 e. The van der Waals surface area contributed by atoms with Crippen molar-refractivity contribution < 1.29 is 18.7 Å². The Bertz CT molecular complexity index is 1030. The largest absolute Gasteiger partial charge is 0.383 e. The third kappa shape index (κ3) is 3.85. The molecular formula is C20H23FN4O3S. The molecule has 0 aliphatic carbocycles. The van der Waals surface area contributed by atoms with Crippen LogP contribution in [-0.2, 0) is 9.47 Å². The average molecular weight is 418 g/mol. The van der Waals surface area contributed by atoms with Crippen LogP contribution in [0.4, 0.5) is 10.2 Å². The van der Waals surface area contributed by atoms with Gasteiger partial charge in [0.05, 0.1) is 19.8 Å². The number of nitrogens with one attached hydrogen (secondary N) is 1. The van der Waals surface area contributed by atoms with Crippen LogP contribution in [0.3, 0.4) is 0 Å². The smallest absolute Gasteiger partial charge is 0.266 e. The number of hydrogen-bond acceptors (Lipinski definition) is 6. The standard InChI is InChI=1S/C20H23FN4O3S/c1-13-17(19(26)24-7-10-28-11-8-24)29-20-23-16(14-4-3-5-15(21)12-14)18(25(13)20)22-6-9-27-2/h3-5,12,22H,6-11H2,1-2H3. The molecule has 0 atom stereocenters. The fourth-order valence-electron chi connectivity index (χ4n) is 3.43. The van der Waals surface area contributed by atoms with Gasteiger partial charge in [-0.05, 0) is 19.1 Å². The molecule has 7 nitrogen and oxygen atoms in total. The van der Waals surface area contributed by atoms with Gasteiger partial charge >= 0.3 is 0 Å². The van der Waals surface area contributed by atoms with E-state index < -0.39 is 0 Å². The Morgan fingerprint density at radius 2 is 2.17 bits per heavy atom. The number of aromatic nitrogens is 2. The molecule has 1 amide bonds. The Morgan fingerprint density at radius 1 is 1.38 bits per heavy atom. The molecule has 1 N–H and O–H groups in total. The first-order chi connectivity index (χ1) is 14.1. The lowest BCUT2D eigenvalue weighted by Gasteiger charge is -2.26. The maximum absolute atomic E-state index is 13.8. The Kier molecular flexibility index (Phi) is 5.79. The Balaban J connectivity index is 1.77. The van der Waals surface area contributed by atoms with Crippen LogP contribution in [0, 0.1) is 12.7 Å². The van der Waals surface area contributed by atoms with Crippen molar-refractivity contribution in [3.63, 3.8) is 0 Å². The number of fused-ring (bicyclic) bond motifs is 1. The van der Waals surface area contributed by atoms with Gasteiger partial charge in [0.15, 0.2) is 4.96 Å². The van der Waals surface area contributed by atoms with Crippen LogP contribution in [0.15, 0.2) is 24.3 Å². The quantitative estimate of drug-likeness (QED) is 0.624. The van der Waals surface area contributed by atoms with E-state index in [9.17, 15) is 9.18 Å². The van der Waals surface area contributed by atoms with Crippen LogP contribution in [-0.4, -0.2) is 66.8 Å². The zero-order valence-corrected chi connectivity index (χ0v) is 17.2. The van der Waals surface area contributed by atoms with Crippen LogP contribution in [0.25, 0.3) is 16.2 Å². The fourth-order valence-corrected chi connectivity index (χ4v) is 4.52. The van der Waals surface area contributed by atoms with Gasteiger partial charge in [0.25, 0.3) is 5.91 Å². The highest BCUT2D eigenvalue weighted by molar-refractivity contribution is 7.19. The number of morpholine rings is 1. The number of amides is 1. The minimum absolute atomic E-state index is 0.00329. The second kappa shape index (κ2) is 8.48. The number of nitrogens with zero attached hydrogens (tertiary/aromatic N) is 3. The van der Waals surface area contributed by atoms with Gasteiger partial charge in [-0.1, -0.05) is 23.5 Å². The van der Waals surface area contributed by atoms with Crippen molar-refractivity contribution in [3.8, 4) is 11.3 Å². The molecule has 3 heterocycles. The van der Waals surface area contributed by atoms with Crippen LogP contribution >= 0.6 is 11.3 Å². The molecule has 0 spiro atoms. The Labute approximate surface area is 172 Å². The molecule has 0 radical (unpaired) electrons. The number of halogens is 1. The number of carbonyl (C=O) groups is 1. The molecule has 1 fully saturated rings. The molecular weight excluding hydrogens is 395 g/mol. The van der Waals surface area contributed by atoms with E-state index in [0.717, 1.165) is 11.5 Å². The summed E-state index contributed by atoms with van der Waals surface area (Å²) in [6, 6.07) is 6.36. The zero-order chi connectivity index (χ0) is 20.4. The van der Waals surface area contributed by atoms with E-state index in [4.69, 9.17) is 14.5 Å². The predicted octanol–water partition coefficient (Wildman–Crippen LogP) is 3.04. The molecule has 1 aliphatic heterocycles. The third-order valence-electron chi connectivity index (χ3n) is 4.89.